The van der Waals surface area contributed by atoms with Crippen LogP contribution in [0.3, 0.4) is 0 Å². The fraction of sp³-hybridized carbons (Fsp3) is 0.714. The van der Waals surface area contributed by atoms with Gasteiger partial charge in [-0.15, -0.1) is 0 Å². The highest BCUT2D eigenvalue weighted by molar-refractivity contribution is 5.32. The average molecular weight is 250 g/mol. The summed E-state index contributed by atoms with van der Waals surface area (Å²) in [7, 11) is 2.05. The van der Waals surface area contributed by atoms with Crippen LogP contribution in [-0.4, -0.2) is 30.1 Å². The Morgan fingerprint density at radius 1 is 1.33 bits per heavy atom. The number of nitrogens with zero attached hydrogens (tertiary/aromatic N) is 3. The molecule has 0 aliphatic carbocycles. The number of hydrogen-bond acceptors (Lipinski definition) is 4. The Morgan fingerprint density at radius 2 is 2.00 bits per heavy atom. The lowest BCUT2D eigenvalue weighted by molar-refractivity contribution is 0.416. The molecule has 1 rings (SSSR count). The zero-order chi connectivity index (χ0) is 13.8. The Kier molecular flexibility index (Phi) is 5.08. The van der Waals surface area contributed by atoms with Gasteiger partial charge in [0.2, 0.25) is 5.95 Å². The molecule has 0 radical (unpaired) electrons. The van der Waals surface area contributed by atoms with Gasteiger partial charge in [0.25, 0.3) is 0 Å². The summed E-state index contributed by atoms with van der Waals surface area (Å²) in [5.41, 5.74) is 2.47. The monoisotopic (exact) mass is 250 g/mol. The molecule has 0 spiro atoms. The Balaban J connectivity index is 2.77. The molecule has 4 nitrogen and oxygen atoms in total. The molecule has 0 bridgehead atoms. The van der Waals surface area contributed by atoms with Crippen LogP contribution in [0.25, 0.3) is 0 Å². The maximum Gasteiger partial charge on any atom is 0.225 e. The van der Waals surface area contributed by atoms with Crippen LogP contribution in [0.1, 0.15) is 39.0 Å². The summed E-state index contributed by atoms with van der Waals surface area (Å²) in [6.07, 6.45) is 1.93. The molecule has 1 aromatic rings. The fourth-order valence-corrected chi connectivity index (χ4v) is 1.88. The van der Waals surface area contributed by atoms with Crippen LogP contribution in [0.4, 0.5) is 5.95 Å². The first-order valence-electron chi connectivity index (χ1n) is 6.58. The molecule has 0 aromatic carbocycles. The zero-order valence-corrected chi connectivity index (χ0v) is 12.5. The molecule has 0 saturated carbocycles. The molecular formula is C14H26N4. The molecule has 1 aromatic heterocycles. The molecule has 0 unspecified atom stereocenters. The third-order valence-electron chi connectivity index (χ3n) is 2.69. The number of aromatic nitrogens is 2. The van der Waals surface area contributed by atoms with Gasteiger partial charge in [-0.1, -0.05) is 27.7 Å². The maximum atomic E-state index is 4.58. The van der Waals surface area contributed by atoms with E-state index in [0.29, 0.717) is 0 Å². The van der Waals surface area contributed by atoms with Gasteiger partial charge in [0.1, 0.15) is 0 Å². The van der Waals surface area contributed by atoms with Crippen LogP contribution in [0.5, 0.6) is 0 Å². The number of aryl methyl sites for hydroxylation is 1. The molecule has 18 heavy (non-hydrogen) atoms. The highest BCUT2D eigenvalue weighted by Gasteiger charge is 2.16. The summed E-state index contributed by atoms with van der Waals surface area (Å²) in [5.74, 6) is 0.808. The molecule has 1 heterocycles. The molecule has 0 atom stereocenters. The second-order valence-electron chi connectivity index (χ2n) is 5.98. The lowest BCUT2D eigenvalue weighted by atomic mass is 9.96. The lowest BCUT2D eigenvalue weighted by Gasteiger charge is -2.26. The van der Waals surface area contributed by atoms with Gasteiger partial charge in [0.15, 0.2) is 0 Å². The summed E-state index contributed by atoms with van der Waals surface area (Å²) in [5, 5.41) is 3.30. The Labute approximate surface area is 111 Å². The van der Waals surface area contributed by atoms with Crippen molar-refractivity contribution in [1.29, 1.82) is 0 Å². The van der Waals surface area contributed by atoms with Crippen LogP contribution in [0.15, 0.2) is 6.20 Å². The van der Waals surface area contributed by atoms with Crippen LogP contribution in [-0.2, 0) is 6.54 Å². The van der Waals surface area contributed by atoms with E-state index < -0.39 is 0 Å². The lowest BCUT2D eigenvalue weighted by Crippen LogP contribution is -2.30. The van der Waals surface area contributed by atoms with Crippen molar-refractivity contribution >= 4 is 5.95 Å². The maximum absolute atomic E-state index is 4.58. The number of hydrogen-bond donors (Lipinski definition) is 1. The third kappa shape index (κ3) is 4.61. The van der Waals surface area contributed by atoms with E-state index in [-0.39, 0.29) is 5.41 Å². The Bertz CT molecular complexity index is 382. The van der Waals surface area contributed by atoms with Gasteiger partial charge in [-0.05, 0) is 18.9 Å². The zero-order valence-electron chi connectivity index (χ0n) is 12.5. The van der Waals surface area contributed by atoms with Crippen molar-refractivity contribution in [2.75, 3.05) is 25.0 Å². The van der Waals surface area contributed by atoms with Crippen molar-refractivity contribution in [3.63, 3.8) is 0 Å². The molecular weight excluding hydrogens is 224 g/mol. The molecule has 0 saturated heterocycles. The summed E-state index contributed by atoms with van der Waals surface area (Å²) < 4.78 is 0. The van der Waals surface area contributed by atoms with E-state index in [1.165, 1.54) is 5.56 Å². The average Bonchev–Trinajstić information content (AvgIpc) is 2.25. The minimum Gasteiger partial charge on any atom is -0.343 e. The van der Waals surface area contributed by atoms with Gasteiger partial charge >= 0.3 is 0 Å². The molecule has 0 aliphatic rings. The molecule has 1 N–H and O–H groups in total. The van der Waals surface area contributed by atoms with Crippen molar-refractivity contribution in [2.24, 2.45) is 5.41 Å². The van der Waals surface area contributed by atoms with Crippen LogP contribution < -0.4 is 10.2 Å². The van der Waals surface area contributed by atoms with E-state index in [1.54, 1.807) is 0 Å². The molecule has 0 aliphatic heterocycles. The van der Waals surface area contributed by atoms with E-state index in [1.807, 2.05) is 20.2 Å². The van der Waals surface area contributed by atoms with E-state index >= 15 is 0 Å². The first-order valence-corrected chi connectivity index (χ1v) is 6.58. The molecule has 0 fully saturated rings. The van der Waals surface area contributed by atoms with Gasteiger partial charge < -0.3 is 10.2 Å². The van der Waals surface area contributed by atoms with Crippen molar-refractivity contribution in [1.82, 2.24) is 15.3 Å². The van der Waals surface area contributed by atoms with Crippen molar-refractivity contribution in [3.8, 4) is 0 Å². The quantitative estimate of drug-likeness (QED) is 0.871. The summed E-state index contributed by atoms with van der Waals surface area (Å²) >= 11 is 0. The van der Waals surface area contributed by atoms with Crippen LogP contribution >= 0.6 is 0 Å². The Morgan fingerprint density at radius 3 is 2.50 bits per heavy atom. The number of nitrogens with one attached hydrogen (secondary N) is 1. The van der Waals surface area contributed by atoms with Crippen molar-refractivity contribution < 1.29 is 0 Å². The second-order valence-corrected chi connectivity index (χ2v) is 5.98. The van der Waals surface area contributed by atoms with Gasteiger partial charge in [-0.3, -0.25) is 0 Å². The van der Waals surface area contributed by atoms with Gasteiger partial charge in [-0.2, -0.15) is 0 Å². The molecule has 102 valence electrons. The first-order chi connectivity index (χ1) is 8.33. The predicted molar refractivity (Wildman–Crippen MR) is 76.9 cm³/mol. The largest absolute Gasteiger partial charge is 0.343 e. The van der Waals surface area contributed by atoms with E-state index in [9.17, 15) is 0 Å². The van der Waals surface area contributed by atoms with Crippen molar-refractivity contribution in [2.45, 2.75) is 41.2 Å². The van der Waals surface area contributed by atoms with Gasteiger partial charge in [0.05, 0.1) is 0 Å². The SMILES string of the molecule is CCNCc1cnc(N(C)CC(C)(C)C)nc1C. The van der Waals surface area contributed by atoms with Crippen LogP contribution in [0.2, 0.25) is 0 Å². The highest BCUT2D eigenvalue weighted by atomic mass is 15.2. The highest BCUT2D eigenvalue weighted by Crippen LogP contribution is 2.18. The standard InChI is InChI=1S/C14H26N4/c1-7-15-8-12-9-16-13(17-11(12)2)18(6)10-14(3,4)5/h9,15H,7-8,10H2,1-6H3. The van der Waals surface area contributed by atoms with E-state index in [2.05, 4.69) is 47.9 Å². The topological polar surface area (TPSA) is 41.1 Å². The second kappa shape index (κ2) is 6.14. The van der Waals surface area contributed by atoms with Crippen molar-refractivity contribution in [3.05, 3.63) is 17.5 Å². The minimum absolute atomic E-state index is 0.244. The number of anilines is 1. The summed E-state index contributed by atoms with van der Waals surface area (Å²) in [4.78, 5) is 11.2. The molecule has 0 amide bonds. The minimum atomic E-state index is 0.244. The first kappa shape index (κ1) is 14.9. The summed E-state index contributed by atoms with van der Waals surface area (Å²) in [6.45, 7) is 13.5. The van der Waals surface area contributed by atoms with Gasteiger partial charge in [-0.25, -0.2) is 9.97 Å². The van der Waals surface area contributed by atoms with Gasteiger partial charge in [0, 0.05) is 37.6 Å². The Hall–Kier alpha value is -1.16. The third-order valence-corrected chi connectivity index (χ3v) is 2.69. The molecule has 4 heteroatoms. The van der Waals surface area contributed by atoms with E-state index in [4.69, 9.17) is 0 Å². The normalized spacial score (nSPS) is 11.7. The smallest absolute Gasteiger partial charge is 0.225 e. The van der Waals surface area contributed by atoms with E-state index in [0.717, 1.165) is 31.3 Å². The number of rotatable bonds is 5. The predicted octanol–water partition coefficient (Wildman–Crippen LogP) is 2.38. The fourth-order valence-electron chi connectivity index (χ4n) is 1.88. The summed E-state index contributed by atoms with van der Waals surface area (Å²) in [6, 6.07) is 0. The van der Waals surface area contributed by atoms with Crippen LogP contribution in [0, 0.1) is 12.3 Å².